The Kier molecular flexibility index (Phi) is 4.02. The average Bonchev–Trinajstić information content (AvgIpc) is 2.37. The Morgan fingerprint density at radius 2 is 1.95 bits per heavy atom. The number of phenols is 1. The highest BCUT2D eigenvalue weighted by Crippen LogP contribution is 2.31. The number of rotatable bonds is 3. The van der Waals surface area contributed by atoms with Crippen molar-refractivity contribution >= 4 is 5.69 Å². The molecular formula is C15H24N2O2. The van der Waals surface area contributed by atoms with E-state index >= 15 is 0 Å². The quantitative estimate of drug-likeness (QED) is 0.782. The molecule has 1 heterocycles. The van der Waals surface area contributed by atoms with Gasteiger partial charge in [-0.1, -0.05) is 6.07 Å². The molecule has 0 saturated carbocycles. The van der Waals surface area contributed by atoms with Gasteiger partial charge in [-0.2, -0.15) is 0 Å². The molecule has 4 nitrogen and oxygen atoms in total. The van der Waals surface area contributed by atoms with Crippen molar-refractivity contribution in [1.82, 2.24) is 5.32 Å². The standard InChI is InChI=1S/C15H24N2O2/c1-11(16-3)13-5-4-12(10-14(13)18)17-8-6-15(2,19)7-9-17/h4-5,10-11,16,18-19H,6-9H2,1-3H3. The van der Waals surface area contributed by atoms with Crippen molar-refractivity contribution in [2.24, 2.45) is 0 Å². The molecule has 1 unspecified atom stereocenters. The van der Waals surface area contributed by atoms with Gasteiger partial charge in [0.1, 0.15) is 5.75 Å². The fourth-order valence-electron chi connectivity index (χ4n) is 2.50. The van der Waals surface area contributed by atoms with Crippen molar-refractivity contribution in [2.45, 2.75) is 38.3 Å². The van der Waals surface area contributed by atoms with Crippen molar-refractivity contribution in [1.29, 1.82) is 0 Å². The molecule has 0 radical (unpaired) electrons. The minimum Gasteiger partial charge on any atom is -0.508 e. The van der Waals surface area contributed by atoms with Crippen LogP contribution in [-0.2, 0) is 0 Å². The predicted molar refractivity (Wildman–Crippen MR) is 77.7 cm³/mol. The Hall–Kier alpha value is -1.26. The maximum atomic E-state index is 10.1. The van der Waals surface area contributed by atoms with Crippen LogP contribution in [0.2, 0.25) is 0 Å². The molecule has 0 amide bonds. The van der Waals surface area contributed by atoms with E-state index in [4.69, 9.17) is 0 Å². The van der Waals surface area contributed by atoms with E-state index in [2.05, 4.69) is 10.2 Å². The molecule has 0 aromatic heterocycles. The molecule has 0 bridgehead atoms. The van der Waals surface area contributed by atoms with Crippen LogP contribution < -0.4 is 10.2 Å². The number of anilines is 1. The first-order valence-corrected chi connectivity index (χ1v) is 6.90. The largest absolute Gasteiger partial charge is 0.508 e. The van der Waals surface area contributed by atoms with Gasteiger partial charge in [-0.3, -0.25) is 0 Å². The third-order valence-electron chi connectivity index (χ3n) is 4.12. The topological polar surface area (TPSA) is 55.7 Å². The van der Waals surface area contributed by atoms with Gasteiger partial charge in [0.05, 0.1) is 5.60 Å². The lowest BCUT2D eigenvalue weighted by Crippen LogP contribution is -2.42. The Bertz CT molecular complexity index is 436. The van der Waals surface area contributed by atoms with Gasteiger partial charge in [0.15, 0.2) is 0 Å². The summed E-state index contributed by atoms with van der Waals surface area (Å²) in [6.07, 6.45) is 1.53. The summed E-state index contributed by atoms with van der Waals surface area (Å²) in [5.74, 6) is 0.330. The van der Waals surface area contributed by atoms with Gasteiger partial charge in [-0.05, 0) is 39.8 Å². The van der Waals surface area contributed by atoms with E-state index in [1.165, 1.54) is 0 Å². The second-order valence-corrected chi connectivity index (χ2v) is 5.74. The number of nitrogens with zero attached hydrogens (tertiary/aromatic N) is 1. The zero-order chi connectivity index (χ0) is 14.0. The summed E-state index contributed by atoms with van der Waals surface area (Å²) in [7, 11) is 1.88. The Morgan fingerprint density at radius 3 is 2.47 bits per heavy atom. The fraction of sp³-hybridized carbons (Fsp3) is 0.600. The summed E-state index contributed by atoms with van der Waals surface area (Å²) in [5.41, 5.74) is 1.40. The van der Waals surface area contributed by atoms with E-state index in [-0.39, 0.29) is 6.04 Å². The highest BCUT2D eigenvalue weighted by atomic mass is 16.3. The van der Waals surface area contributed by atoms with Gasteiger partial charge in [-0.15, -0.1) is 0 Å². The smallest absolute Gasteiger partial charge is 0.122 e. The fourth-order valence-corrected chi connectivity index (χ4v) is 2.50. The van der Waals surface area contributed by atoms with E-state index in [1.54, 1.807) is 0 Å². The van der Waals surface area contributed by atoms with Crippen LogP contribution in [0.25, 0.3) is 0 Å². The average molecular weight is 264 g/mol. The summed E-state index contributed by atoms with van der Waals surface area (Å²) in [4.78, 5) is 2.21. The predicted octanol–water partition coefficient (Wildman–Crippen LogP) is 2.02. The number of benzene rings is 1. The van der Waals surface area contributed by atoms with Gasteiger partial charge in [0, 0.05) is 36.4 Å². The van der Waals surface area contributed by atoms with Crippen molar-refractivity contribution in [2.75, 3.05) is 25.0 Å². The first-order valence-electron chi connectivity index (χ1n) is 6.90. The summed E-state index contributed by atoms with van der Waals surface area (Å²) < 4.78 is 0. The van der Waals surface area contributed by atoms with Crippen molar-refractivity contribution in [3.05, 3.63) is 23.8 Å². The molecular weight excluding hydrogens is 240 g/mol. The molecule has 4 heteroatoms. The maximum Gasteiger partial charge on any atom is 0.122 e. The van der Waals surface area contributed by atoms with Gasteiger partial charge < -0.3 is 20.4 Å². The van der Waals surface area contributed by atoms with E-state index < -0.39 is 5.60 Å². The van der Waals surface area contributed by atoms with Crippen LogP contribution in [0.3, 0.4) is 0 Å². The number of aliphatic hydroxyl groups is 1. The molecule has 1 aromatic rings. The first kappa shape index (κ1) is 14.2. The summed E-state index contributed by atoms with van der Waals surface area (Å²) in [6, 6.07) is 5.97. The SMILES string of the molecule is CNC(C)c1ccc(N2CCC(C)(O)CC2)cc1O. The number of nitrogens with one attached hydrogen (secondary N) is 1. The zero-order valence-corrected chi connectivity index (χ0v) is 12.0. The second-order valence-electron chi connectivity index (χ2n) is 5.74. The Balaban J connectivity index is 2.12. The van der Waals surface area contributed by atoms with Crippen LogP contribution in [0.15, 0.2) is 18.2 Å². The molecule has 106 valence electrons. The minimum absolute atomic E-state index is 0.135. The van der Waals surface area contributed by atoms with Crippen LogP contribution in [0.4, 0.5) is 5.69 Å². The number of hydrogen-bond donors (Lipinski definition) is 3. The number of phenolic OH excluding ortho intramolecular Hbond substituents is 1. The van der Waals surface area contributed by atoms with Crippen molar-refractivity contribution in [3.63, 3.8) is 0 Å². The molecule has 0 spiro atoms. The zero-order valence-electron chi connectivity index (χ0n) is 12.0. The van der Waals surface area contributed by atoms with E-state index in [0.717, 1.165) is 37.2 Å². The minimum atomic E-state index is -0.543. The Morgan fingerprint density at radius 1 is 1.32 bits per heavy atom. The summed E-state index contributed by atoms with van der Waals surface area (Å²) >= 11 is 0. The van der Waals surface area contributed by atoms with Crippen molar-refractivity contribution < 1.29 is 10.2 Å². The molecule has 1 atom stereocenters. The van der Waals surface area contributed by atoms with Crippen molar-refractivity contribution in [3.8, 4) is 5.75 Å². The molecule has 1 aromatic carbocycles. The highest BCUT2D eigenvalue weighted by Gasteiger charge is 2.27. The lowest BCUT2D eigenvalue weighted by molar-refractivity contribution is 0.0351. The molecule has 0 aliphatic carbocycles. The molecule has 1 aliphatic heterocycles. The van der Waals surface area contributed by atoms with Gasteiger partial charge in [0.25, 0.3) is 0 Å². The first-order chi connectivity index (χ1) is 8.93. The van der Waals surface area contributed by atoms with Crippen LogP contribution >= 0.6 is 0 Å². The normalized spacial score (nSPS) is 20.3. The van der Waals surface area contributed by atoms with Crippen LogP contribution in [-0.4, -0.2) is 36.0 Å². The Labute approximate surface area is 115 Å². The van der Waals surface area contributed by atoms with Crippen LogP contribution in [0.1, 0.15) is 38.3 Å². The molecule has 1 aliphatic rings. The molecule has 1 saturated heterocycles. The van der Waals surface area contributed by atoms with Gasteiger partial charge >= 0.3 is 0 Å². The van der Waals surface area contributed by atoms with Crippen LogP contribution in [0, 0.1) is 0 Å². The number of piperidine rings is 1. The van der Waals surface area contributed by atoms with Gasteiger partial charge in [0.2, 0.25) is 0 Å². The van der Waals surface area contributed by atoms with E-state index in [9.17, 15) is 10.2 Å². The summed E-state index contributed by atoms with van der Waals surface area (Å²) in [5, 5.41) is 23.2. The monoisotopic (exact) mass is 264 g/mol. The second kappa shape index (κ2) is 5.39. The summed E-state index contributed by atoms with van der Waals surface area (Å²) in [6.45, 7) is 5.56. The van der Waals surface area contributed by atoms with E-state index in [1.807, 2.05) is 39.1 Å². The molecule has 3 N–H and O–H groups in total. The highest BCUT2D eigenvalue weighted by molar-refractivity contribution is 5.54. The van der Waals surface area contributed by atoms with Crippen LogP contribution in [0.5, 0.6) is 5.75 Å². The molecule has 19 heavy (non-hydrogen) atoms. The lowest BCUT2D eigenvalue weighted by Gasteiger charge is -2.37. The number of hydrogen-bond acceptors (Lipinski definition) is 4. The maximum absolute atomic E-state index is 10.1. The molecule has 1 fully saturated rings. The van der Waals surface area contributed by atoms with E-state index in [0.29, 0.717) is 5.75 Å². The molecule has 2 rings (SSSR count). The third-order valence-corrected chi connectivity index (χ3v) is 4.12. The van der Waals surface area contributed by atoms with Gasteiger partial charge in [-0.25, -0.2) is 0 Å². The number of aromatic hydroxyl groups is 1. The lowest BCUT2D eigenvalue weighted by atomic mass is 9.93. The third kappa shape index (κ3) is 3.19.